The van der Waals surface area contributed by atoms with Crippen molar-refractivity contribution in [3.8, 4) is 11.8 Å². The topological polar surface area (TPSA) is 20.2 Å². The van der Waals surface area contributed by atoms with E-state index >= 15 is 0 Å². The van der Waals surface area contributed by atoms with Gasteiger partial charge in [-0.05, 0) is 12.8 Å². The van der Waals surface area contributed by atoms with Crippen molar-refractivity contribution in [2.24, 2.45) is 0 Å². The van der Waals surface area contributed by atoms with E-state index in [-0.39, 0.29) is 12.8 Å². The van der Waals surface area contributed by atoms with Crippen LogP contribution >= 0.6 is 0 Å². The second kappa shape index (κ2) is 3.81. The molecule has 0 saturated heterocycles. The minimum Gasteiger partial charge on any atom is -0.378 e. The molecule has 0 fully saturated rings. The Labute approximate surface area is 69.6 Å². The molecule has 12 heavy (non-hydrogen) atoms. The Bertz CT molecular complexity index is 193. The molecule has 0 amide bonds. The highest BCUT2D eigenvalue weighted by Gasteiger charge is 2.26. The fourth-order valence-electron chi connectivity index (χ4n) is 0.614. The van der Waals surface area contributed by atoms with E-state index in [0.29, 0.717) is 0 Å². The third-order valence-electron chi connectivity index (χ3n) is 1.61. The van der Waals surface area contributed by atoms with Crippen LogP contribution in [0.4, 0.5) is 13.2 Å². The maximum Gasteiger partial charge on any atom is 0.457 e. The molecule has 1 N–H and O–H groups in total. The van der Waals surface area contributed by atoms with E-state index in [1.54, 1.807) is 13.8 Å². The van der Waals surface area contributed by atoms with Gasteiger partial charge in [-0.2, -0.15) is 13.2 Å². The second-order valence-corrected chi connectivity index (χ2v) is 2.49. The SMILES string of the molecule is CCC(O)(C#CC(F)(F)F)CC. The molecule has 0 aliphatic carbocycles. The van der Waals surface area contributed by atoms with Crippen LogP contribution in [0.2, 0.25) is 0 Å². The molecule has 4 heteroatoms. The van der Waals surface area contributed by atoms with Gasteiger partial charge >= 0.3 is 6.18 Å². The number of rotatable bonds is 2. The van der Waals surface area contributed by atoms with E-state index in [1.807, 2.05) is 5.92 Å². The normalized spacial score (nSPS) is 12.2. The zero-order valence-corrected chi connectivity index (χ0v) is 7.00. The van der Waals surface area contributed by atoms with Crippen LogP contribution in [0.5, 0.6) is 0 Å². The molecular formula is C8H11F3O. The summed E-state index contributed by atoms with van der Waals surface area (Å²) in [6.45, 7) is 3.18. The van der Waals surface area contributed by atoms with E-state index in [4.69, 9.17) is 0 Å². The van der Waals surface area contributed by atoms with Crippen LogP contribution in [0.1, 0.15) is 26.7 Å². The van der Waals surface area contributed by atoms with Crippen molar-refractivity contribution in [3.63, 3.8) is 0 Å². The Morgan fingerprint density at radius 3 is 1.75 bits per heavy atom. The fourth-order valence-corrected chi connectivity index (χ4v) is 0.614. The maximum absolute atomic E-state index is 11.6. The first kappa shape index (κ1) is 11.3. The zero-order valence-electron chi connectivity index (χ0n) is 7.00. The van der Waals surface area contributed by atoms with Gasteiger partial charge in [0.05, 0.1) is 0 Å². The minimum absolute atomic E-state index is 0.201. The molecule has 0 spiro atoms. The highest BCUT2D eigenvalue weighted by Crippen LogP contribution is 2.16. The zero-order chi connectivity index (χ0) is 9.83. The summed E-state index contributed by atoms with van der Waals surface area (Å²) in [6, 6.07) is 0. The molecule has 0 atom stereocenters. The van der Waals surface area contributed by atoms with Crippen LogP contribution in [-0.2, 0) is 0 Å². The predicted octanol–water partition coefficient (Wildman–Crippen LogP) is 2.10. The molecule has 70 valence electrons. The number of aliphatic hydroxyl groups is 1. The van der Waals surface area contributed by atoms with Crippen LogP contribution in [0, 0.1) is 11.8 Å². The Kier molecular flexibility index (Phi) is 3.59. The standard InChI is InChI=1S/C8H11F3O/c1-3-7(12,4-2)5-6-8(9,10)11/h12H,3-4H2,1-2H3. The van der Waals surface area contributed by atoms with Gasteiger partial charge in [-0.3, -0.25) is 0 Å². The Morgan fingerprint density at radius 1 is 1.08 bits per heavy atom. The molecule has 0 aliphatic heterocycles. The van der Waals surface area contributed by atoms with E-state index in [1.165, 1.54) is 0 Å². The number of hydrogen-bond donors (Lipinski definition) is 1. The maximum atomic E-state index is 11.6. The molecule has 0 bridgehead atoms. The second-order valence-electron chi connectivity index (χ2n) is 2.49. The molecule has 0 saturated carbocycles. The first-order valence-corrected chi connectivity index (χ1v) is 3.66. The van der Waals surface area contributed by atoms with Gasteiger partial charge in [0.2, 0.25) is 0 Å². The lowest BCUT2D eigenvalue weighted by atomic mass is 9.98. The lowest BCUT2D eigenvalue weighted by Crippen LogP contribution is -2.24. The smallest absolute Gasteiger partial charge is 0.378 e. The van der Waals surface area contributed by atoms with Crippen LogP contribution in [0.3, 0.4) is 0 Å². The molecule has 0 unspecified atom stereocenters. The third-order valence-corrected chi connectivity index (χ3v) is 1.61. The Balaban J connectivity index is 4.46. The largest absolute Gasteiger partial charge is 0.457 e. The molecule has 0 radical (unpaired) electrons. The number of halogens is 3. The summed E-state index contributed by atoms with van der Waals surface area (Å²) in [6.07, 6.45) is -4.11. The highest BCUT2D eigenvalue weighted by molar-refractivity contribution is 5.16. The Morgan fingerprint density at radius 2 is 1.50 bits per heavy atom. The number of alkyl halides is 3. The summed E-state index contributed by atoms with van der Waals surface area (Å²) >= 11 is 0. The summed E-state index contributed by atoms with van der Waals surface area (Å²) < 4.78 is 34.7. The quantitative estimate of drug-likeness (QED) is 0.645. The van der Waals surface area contributed by atoms with Crippen LogP contribution < -0.4 is 0 Å². The third kappa shape index (κ3) is 4.24. The molecule has 0 aromatic heterocycles. The summed E-state index contributed by atoms with van der Waals surface area (Å²) in [4.78, 5) is 0. The van der Waals surface area contributed by atoms with E-state index in [2.05, 4.69) is 0 Å². The molecule has 1 nitrogen and oxygen atoms in total. The van der Waals surface area contributed by atoms with Crippen molar-refractivity contribution in [2.45, 2.75) is 38.5 Å². The average Bonchev–Trinajstić information content (AvgIpc) is 1.99. The van der Waals surface area contributed by atoms with E-state index in [9.17, 15) is 18.3 Å². The monoisotopic (exact) mass is 180 g/mol. The van der Waals surface area contributed by atoms with Gasteiger partial charge in [0, 0.05) is 5.92 Å². The van der Waals surface area contributed by atoms with Gasteiger partial charge in [-0.1, -0.05) is 19.8 Å². The summed E-state index contributed by atoms with van der Waals surface area (Å²) in [5, 5.41) is 9.32. The summed E-state index contributed by atoms with van der Waals surface area (Å²) in [5.41, 5.74) is -1.49. The predicted molar refractivity (Wildman–Crippen MR) is 39.4 cm³/mol. The molecule has 0 rings (SSSR count). The van der Waals surface area contributed by atoms with Crippen molar-refractivity contribution >= 4 is 0 Å². The fraction of sp³-hybridized carbons (Fsp3) is 0.750. The van der Waals surface area contributed by atoms with Gasteiger partial charge in [-0.15, -0.1) is 0 Å². The highest BCUT2D eigenvalue weighted by atomic mass is 19.4. The van der Waals surface area contributed by atoms with E-state index < -0.39 is 11.8 Å². The summed E-state index contributed by atoms with van der Waals surface area (Å²) in [5.74, 6) is 2.88. The van der Waals surface area contributed by atoms with Crippen molar-refractivity contribution in [2.75, 3.05) is 0 Å². The molecule has 0 heterocycles. The first-order chi connectivity index (χ1) is 5.33. The van der Waals surface area contributed by atoms with Crippen molar-refractivity contribution < 1.29 is 18.3 Å². The van der Waals surface area contributed by atoms with E-state index in [0.717, 1.165) is 5.92 Å². The molecule has 0 aliphatic rings. The summed E-state index contributed by atoms with van der Waals surface area (Å²) in [7, 11) is 0. The van der Waals surface area contributed by atoms with Gasteiger partial charge in [-0.25, -0.2) is 0 Å². The lowest BCUT2D eigenvalue weighted by molar-refractivity contribution is -0.0704. The van der Waals surface area contributed by atoms with Crippen molar-refractivity contribution in [3.05, 3.63) is 0 Å². The molecule has 0 aromatic carbocycles. The Hall–Kier alpha value is -0.690. The van der Waals surface area contributed by atoms with Crippen LogP contribution in [-0.4, -0.2) is 16.9 Å². The molecule has 0 aromatic rings. The number of hydrogen-bond acceptors (Lipinski definition) is 1. The van der Waals surface area contributed by atoms with Gasteiger partial charge < -0.3 is 5.11 Å². The van der Waals surface area contributed by atoms with Gasteiger partial charge in [0.15, 0.2) is 0 Å². The van der Waals surface area contributed by atoms with Crippen LogP contribution in [0.25, 0.3) is 0 Å². The van der Waals surface area contributed by atoms with Gasteiger partial charge in [0.25, 0.3) is 0 Å². The average molecular weight is 180 g/mol. The first-order valence-electron chi connectivity index (χ1n) is 3.66. The van der Waals surface area contributed by atoms with Gasteiger partial charge in [0.1, 0.15) is 5.60 Å². The minimum atomic E-state index is -4.52. The van der Waals surface area contributed by atoms with Crippen LogP contribution in [0.15, 0.2) is 0 Å². The van der Waals surface area contributed by atoms with Crippen molar-refractivity contribution in [1.29, 1.82) is 0 Å². The van der Waals surface area contributed by atoms with Crippen molar-refractivity contribution in [1.82, 2.24) is 0 Å². The molecular weight excluding hydrogens is 169 g/mol. The lowest BCUT2D eigenvalue weighted by Gasteiger charge is -2.17.